The number of carbonyl (C=O) groups is 1. The maximum Gasteiger partial charge on any atom is 0.271 e. The second-order valence-electron chi connectivity index (χ2n) is 8.52. The Kier molecular flexibility index (Phi) is 9.96. The average Bonchev–Trinajstić information content (AvgIpc) is 2.97. The van der Waals surface area contributed by atoms with Crippen molar-refractivity contribution in [1.82, 2.24) is 5.43 Å². The Hall–Kier alpha value is -4.56. The summed E-state index contributed by atoms with van der Waals surface area (Å²) in [6, 6.07) is 24.0. The van der Waals surface area contributed by atoms with Gasteiger partial charge in [0.15, 0.2) is 23.0 Å². The highest BCUT2D eigenvalue weighted by molar-refractivity contribution is 6.32. The van der Waals surface area contributed by atoms with Crippen LogP contribution in [0.4, 0.5) is 4.39 Å². The minimum Gasteiger partial charge on any atom is -0.493 e. The molecule has 4 aromatic rings. The van der Waals surface area contributed by atoms with Crippen LogP contribution in [0.2, 0.25) is 5.02 Å². The number of ether oxygens (including phenoxy) is 4. The first-order valence-corrected chi connectivity index (χ1v) is 12.9. The van der Waals surface area contributed by atoms with Crippen molar-refractivity contribution in [3.63, 3.8) is 0 Å². The molecule has 1 amide bonds. The number of benzene rings is 4. The summed E-state index contributed by atoms with van der Waals surface area (Å²) in [5, 5.41) is 4.35. The second kappa shape index (κ2) is 14.0. The molecule has 0 bridgehead atoms. The molecular weight excluding hydrogens is 535 g/mol. The molecule has 9 heteroatoms. The fourth-order valence-electron chi connectivity index (χ4n) is 3.69. The highest BCUT2D eigenvalue weighted by Gasteiger charge is 2.14. The van der Waals surface area contributed by atoms with Crippen LogP contribution in [0.1, 0.15) is 34.0 Å². The number of hydrogen-bond donors (Lipinski definition) is 1. The molecule has 0 fully saturated rings. The number of nitrogens with one attached hydrogen (secondary N) is 1. The smallest absolute Gasteiger partial charge is 0.271 e. The summed E-state index contributed by atoms with van der Waals surface area (Å²) in [5.41, 5.74) is 5.23. The van der Waals surface area contributed by atoms with Crippen molar-refractivity contribution in [1.29, 1.82) is 0 Å². The van der Waals surface area contributed by atoms with Crippen LogP contribution < -0.4 is 24.4 Å². The second-order valence-corrected chi connectivity index (χ2v) is 8.92. The van der Waals surface area contributed by atoms with Gasteiger partial charge in [0.25, 0.3) is 5.91 Å². The summed E-state index contributed by atoms with van der Waals surface area (Å²) < 4.78 is 36.0. The Morgan fingerprint density at radius 2 is 1.60 bits per heavy atom. The summed E-state index contributed by atoms with van der Waals surface area (Å²) in [4.78, 5) is 12.8. The topological polar surface area (TPSA) is 78.4 Å². The first kappa shape index (κ1) is 28.4. The number of halogens is 2. The quantitative estimate of drug-likeness (QED) is 0.152. The van der Waals surface area contributed by atoms with Gasteiger partial charge >= 0.3 is 0 Å². The molecule has 0 spiro atoms. The van der Waals surface area contributed by atoms with Gasteiger partial charge < -0.3 is 18.9 Å². The van der Waals surface area contributed by atoms with Crippen molar-refractivity contribution in [2.24, 2.45) is 5.10 Å². The Bertz CT molecular complexity index is 1460. The summed E-state index contributed by atoms with van der Waals surface area (Å²) in [5.74, 6) is 0.971. The highest BCUT2D eigenvalue weighted by atomic mass is 35.5. The lowest BCUT2D eigenvalue weighted by Crippen LogP contribution is -2.17. The van der Waals surface area contributed by atoms with Gasteiger partial charge in [0.2, 0.25) is 0 Å². The third-order valence-electron chi connectivity index (χ3n) is 5.67. The average molecular weight is 563 g/mol. The Morgan fingerprint density at radius 1 is 0.875 bits per heavy atom. The van der Waals surface area contributed by atoms with E-state index in [9.17, 15) is 9.18 Å². The lowest BCUT2D eigenvalue weighted by atomic mass is 10.2. The van der Waals surface area contributed by atoms with E-state index in [1.807, 2.05) is 37.3 Å². The van der Waals surface area contributed by atoms with Crippen LogP contribution >= 0.6 is 11.6 Å². The van der Waals surface area contributed by atoms with E-state index in [0.29, 0.717) is 52.4 Å². The molecule has 0 radical (unpaired) electrons. The zero-order valence-electron chi connectivity index (χ0n) is 22.0. The number of amides is 1. The first-order valence-electron chi connectivity index (χ1n) is 12.5. The van der Waals surface area contributed by atoms with Crippen LogP contribution in [0.15, 0.2) is 90.0 Å². The first-order chi connectivity index (χ1) is 19.5. The number of carbonyl (C=O) groups excluding carboxylic acids is 1. The molecule has 4 aromatic carbocycles. The van der Waals surface area contributed by atoms with Crippen LogP contribution in [0, 0.1) is 5.82 Å². The van der Waals surface area contributed by atoms with Gasteiger partial charge in [-0.05, 0) is 66.1 Å². The minimum atomic E-state index is -0.427. The zero-order chi connectivity index (χ0) is 28.3. The van der Waals surface area contributed by atoms with Crippen LogP contribution in [0.5, 0.6) is 23.0 Å². The van der Waals surface area contributed by atoms with Crippen molar-refractivity contribution < 1.29 is 28.1 Å². The molecule has 0 heterocycles. The van der Waals surface area contributed by atoms with E-state index in [0.717, 1.165) is 11.1 Å². The monoisotopic (exact) mass is 562 g/mol. The van der Waals surface area contributed by atoms with E-state index in [1.54, 1.807) is 42.5 Å². The van der Waals surface area contributed by atoms with Gasteiger partial charge in [-0.2, -0.15) is 5.10 Å². The number of rotatable bonds is 12. The minimum absolute atomic E-state index is 0.180. The fraction of sp³-hybridized carbons (Fsp3) is 0.161. The highest BCUT2D eigenvalue weighted by Crippen LogP contribution is 2.36. The maximum atomic E-state index is 13.1. The molecule has 0 aliphatic carbocycles. The van der Waals surface area contributed by atoms with E-state index in [4.69, 9.17) is 30.5 Å². The van der Waals surface area contributed by atoms with Crippen LogP contribution in [0.3, 0.4) is 0 Å². The third-order valence-corrected chi connectivity index (χ3v) is 5.95. The zero-order valence-corrected chi connectivity index (χ0v) is 22.8. The van der Waals surface area contributed by atoms with Crippen LogP contribution in [-0.4, -0.2) is 25.8 Å². The number of nitrogens with zero attached hydrogens (tertiary/aromatic N) is 1. The lowest BCUT2D eigenvalue weighted by molar-refractivity contribution is 0.0954. The molecular formula is C31H28ClFN2O5. The Morgan fingerprint density at radius 3 is 2.33 bits per heavy atom. The molecule has 4 rings (SSSR count). The fourth-order valence-corrected chi connectivity index (χ4v) is 3.97. The Balaban J connectivity index is 1.40. The van der Waals surface area contributed by atoms with Crippen molar-refractivity contribution in [3.05, 3.63) is 118 Å². The molecule has 0 saturated heterocycles. The predicted molar refractivity (Wildman–Crippen MR) is 152 cm³/mol. The molecule has 0 unspecified atom stereocenters. The summed E-state index contributed by atoms with van der Waals surface area (Å²) in [7, 11) is 1.49. The lowest BCUT2D eigenvalue weighted by Gasteiger charge is -2.13. The summed E-state index contributed by atoms with van der Waals surface area (Å²) >= 11 is 6.43. The molecule has 1 N–H and O–H groups in total. The molecule has 40 heavy (non-hydrogen) atoms. The molecule has 0 aliphatic heterocycles. The van der Waals surface area contributed by atoms with Crippen molar-refractivity contribution >= 4 is 23.7 Å². The largest absolute Gasteiger partial charge is 0.493 e. The van der Waals surface area contributed by atoms with Gasteiger partial charge in [-0.3, -0.25) is 4.79 Å². The van der Waals surface area contributed by atoms with Gasteiger partial charge in [-0.25, -0.2) is 9.82 Å². The summed E-state index contributed by atoms with van der Waals surface area (Å²) in [6.45, 7) is 2.83. The van der Waals surface area contributed by atoms with E-state index in [2.05, 4.69) is 10.5 Å². The van der Waals surface area contributed by atoms with Gasteiger partial charge in [-0.15, -0.1) is 0 Å². The summed E-state index contributed by atoms with van der Waals surface area (Å²) in [6.07, 6.45) is 1.44. The number of hydrogen-bond acceptors (Lipinski definition) is 6. The maximum absolute atomic E-state index is 13.1. The normalized spacial score (nSPS) is 10.8. The van der Waals surface area contributed by atoms with Crippen molar-refractivity contribution in [2.75, 3.05) is 13.7 Å². The van der Waals surface area contributed by atoms with E-state index < -0.39 is 5.91 Å². The molecule has 206 valence electrons. The van der Waals surface area contributed by atoms with Gasteiger partial charge in [0.1, 0.15) is 19.0 Å². The van der Waals surface area contributed by atoms with E-state index in [-0.39, 0.29) is 12.4 Å². The standard InChI is InChI=1S/C31H28ClFN2O5/c1-3-38-28-17-24(11-14-27(28)39-19-21-7-5-4-6-8-21)31(36)35-34-18-23-15-26(32)30(29(16-23)37-2)40-20-22-9-12-25(33)13-10-22/h4-18H,3,19-20H2,1-2H3,(H,35,36)/b34-18+. The molecule has 0 saturated carbocycles. The third kappa shape index (κ3) is 7.74. The SMILES string of the molecule is CCOc1cc(C(=O)N/N=C/c2cc(Cl)c(OCc3ccc(F)cc3)c(OC)c2)ccc1OCc1ccccc1. The number of hydrazone groups is 1. The van der Waals surface area contributed by atoms with Crippen molar-refractivity contribution in [2.45, 2.75) is 20.1 Å². The van der Waals surface area contributed by atoms with E-state index >= 15 is 0 Å². The van der Waals surface area contributed by atoms with Gasteiger partial charge in [0.05, 0.1) is 25.0 Å². The molecule has 0 aromatic heterocycles. The van der Waals surface area contributed by atoms with Crippen LogP contribution in [0.25, 0.3) is 0 Å². The molecule has 0 aliphatic rings. The molecule has 0 atom stereocenters. The Labute approximate surface area is 237 Å². The van der Waals surface area contributed by atoms with Crippen molar-refractivity contribution in [3.8, 4) is 23.0 Å². The van der Waals surface area contributed by atoms with Crippen LogP contribution in [-0.2, 0) is 13.2 Å². The van der Waals surface area contributed by atoms with Gasteiger partial charge in [0, 0.05) is 5.56 Å². The van der Waals surface area contributed by atoms with Gasteiger partial charge in [-0.1, -0.05) is 54.1 Å². The molecule has 7 nitrogen and oxygen atoms in total. The predicted octanol–water partition coefficient (Wildman–Crippen LogP) is 6.81. The number of methoxy groups -OCH3 is 1. The van der Waals surface area contributed by atoms with E-state index in [1.165, 1.54) is 25.5 Å².